The van der Waals surface area contributed by atoms with Gasteiger partial charge in [-0.25, -0.2) is 12.8 Å². The second-order valence-corrected chi connectivity index (χ2v) is 8.32. The second-order valence-electron chi connectivity index (χ2n) is 6.02. The number of benzene rings is 1. The number of nitrogens with one attached hydrogen (secondary N) is 1. The fourth-order valence-electron chi connectivity index (χ4n) is 2.97. The maximum absolute atomic E-state index is 13.4. The third kappa shape index (κ3) is 3.06. The van der Waals surface area contributed by atoms with Crippen LogP contribution in [0.25, 0.3) is 10.9 Å². The van der Waals surface area contributed by atoms with E-state index in [9.17, 15) is 22.4 Å². The van der Waals surface area contributed by atoms with Crippen LogP contribution in [0.1, 0.15) is 23.2 Å². The van der Waals surface area contributed by atoms with Gasteiger partial charge in [-0.15, -0.1) is 0 Å². The quantitative estimate of drug-likeness (QED) is 0.883. The minimum Gasteiger partial charge on any atom is -0.360 e. The van der Waals surface area contributed by atoms with E-state index in [2.05, 4.69) is 4.98 Å². The Bertz CT molecular complexity index is 954. The molecule has 1 saturated heterocycles. The molecule has 1 aliphatic rings. The van der Waals surface area contributed by atoms with Crippen LogP contribution in [0.3, 0.4) is 0 Å². The SMILES string of the molecule is CN(C(=O)c1c[nH]c2ccc(F)cc2c1=O)C1CCS(=O)(=O)CC1. The van der Waals surface area contributed by atoms with Gasteiger partial charge in [0.15, 0.2) is 0 Å². The number of fused-ring (bicyclic) bond motifs is 1. The molecule has 1 aliphatic heterocycles. The lowest BCUT2D eigenvalue weighted by Gasteiger charge is -2.31. The summed E-state index contributed by atoms with van der Waals surface area (Å²) in [6, 6.07) is 3.53. The van der Waals surface area contributed by atoms with Gasteiger partial charge < -0.3 is 9.88 Å². The molecule has 0 atom stereocenters. The van der Waals surface area contributed by atoms with Gasteiger partial charge in [0.1, 0.15) is 21.2 Å². The molecule has 3 rings (SSSR count). The number of sulfone groups is 1. The smallest absolute Gasteiger partial charge is 0.259 e. The predicted octanol–water partition coefficient (Wildman–Crippen LogP) is 1.32. The second kappa shape index (κ2) is 6.01. The molecule has 0 aliphatic carbocycles. The van der Waals surface area contributed by atoms with Crippen LogP contribution in [0.2, 0.25) is 0 Å². The van der Waals surface area contributed by atoms with Crippen LogP contribution < -0.4 is 5.43 Å². The average Bonchev–Trinajstić information content (AvgIpc) is 2.54. The zero-order valence-corrected chi connectivity index (χ0v) is 13.9. The first kappa shape index (κ1) is 16.6. The maximum atomic E-state index is 13.4. The largest absolute Gasteiger partial charge is 0.360 e. The van der Waals surface area contributed by atoms with E-state index in [0.717, 1.165) is 6.07 Å². The van der Waals surface area contributed by atoms with Gasteiger partial charge in [-0.05, 0) is 31.0 Å². The zero-order chi connectivity index (χ0) is 17.5. The van der Waals surface area contributed by atoms with Gasteiger partial charge in [0.25, 0.3) is 5.91 Å². The summed E-state index contributed by atoms with van der Waals surface area (Å²) in [5.74, 6) is -0.974. The Morgan fingerprint density at radius 1 is 1.29 bits per heavy atom. The van der Waals surface area contributed by atoms with E-state index in [1.54, 1.807) is 7.05 Å². The summed E-state index contributed by atoms with van der Waals surface area (Å²) in [7, 11) is -1.47. The Balaban J connectivity index is 1.91. The monoisotopic (exact) mass is 352 g/mol. The predicted molar refractivity (Wildman–Crippen MR) is 88.3 cm³/mol. The van der Waals surface area contributed by atoms with Gasteiger partial charge in [-0.1, -0.05) is 0 Å². The molecule has 8 heteroatoms. The Hall–Kier alpha value is -2.22. The summed E-state index contributed by atoms with van der Waals surface area (Å²) in [6.07, 6.45) is 2.02. The molecule has 24 heavy (non-hydrogen) atoms. The first-order valence-electron chi connectivity index (χ1n) is 7.57. The minimum absolute atomic E-state index is 0.0363. The van der Waals surface area contributed by atoms with Crippen molar-refractivity contribution in [2.45, 2.75) is 18.9 Å². The topological polar surface area (TPSA) is 87.3 Å². The highest BCUT2D eigenvalue weighted by Crippen LogP contribution is 2.19. The lowest BCUT2D eigenvalue weighted by molar-refractivity contribution is 0.0720. The molecule has 1 aromatic heterocycles. The standard InChI is InChI=1S/C16H17FN2O4S/c1-19(11-4-6-24(22,23)7-5-11)16(21)13-9-18-14-3-2-10(17)8-12(14)15(13)20/h2-3,8-9,11H,4-7H2,1H3,(H,18,20). The van der Waals surface area contributed by atoms with E-state index >= 15 is 0 Å². The first-order valence-corrected chi connectivity index (χ1v) is 9.39. The van der Waals surface area contributed by atoms with Crippen LogP contribution >= 0.6 is 0 Å². The number of pyridine rings is 1. The van der Waals surface area contributed by atoms with Crippen LogP contribution in [0, 0.1) is 5.82 Å². The molecular formula is C16H17FN2O4S. The summed E-state index contributed by atoms with van der Waals surface area (Å²) < 4.78 is 36.4. The molecule has 1 fully saturated rings. The van der Waals surface area contributed by atoms with Crippen molar-refractivity contribution in [1.82, 2.24) is 9.88 Å². The molecule has 0 bridgehead atoms. The number of halogens is 1. The number of amides is 1. The van der Waals surface area contributed by atoms with Crippen molar-refractivity contribution in [3.63, 3.8) is 0 Å². The number of hydrogen-bond donors (Lipinski definition) is 1. The van der Waals surface area contributed by atoms with E-state index in [4.69, 9.17) is 0 Å². The molecule has 0 saturated carbocycles. The van der Waals surface area contributed by atoms with E-state index < -0.39 is 27.0 Å². The van der Waals surface area contributed by atoms with Gasteiger partial charge in [0, 0.05) is 30.2 Å². The highest BCUT2D eigenvalue weighted by Gasteiger charge is 2.30. The third-order valence-corrected chi connectivity index (χ3v) is 6.18. The van der Waals surface area contributed by atoms with Gasteiger partial charge in [-0.2, -0.15) is 0 Å². The number of carbonyl (C=O) groups is 1. The maximum Gasteiger partial charge on any atom is 0.259 e. The normalized spacial score (nSPS) is 17.8. The van der Waals surface area contributed by atoms with E-state index in [-0.39, 0.29) is 28.5 Å². The van der Waals surface area contributed by atoms with Crippen LogP contribution in [-0.4, -0.2) is 48.8 Å². The number of aromatic nitrogens is 1. The van der Waals surface area contributed by atoms with Crippen molar-refractivity contribution >= 4 is 26.6 Å². The van der Waals surface area contributed by atoms with E-state index in [1.165, 1.54) is 23.2 Å². The minimum atomic E-state index is -3.03. The van der Waals surface area contributed by atoms with Gasteiger partial charge >= 0.3 is 0 Å². The van der Waals surface area contributed by atoms with Crippen LogP contribution in [0.15, 0.2) is 29.2 Å². The molecule has 0 spiro atoms. The number of carbonyl (C=O) groups excluding carboxylic acids is 1. The molecule has 2 aromatic rings. The van der Waals surface area contributed by atoms with Crippen LogP contribution in [0.4, 0.5) is 4.39 Å². The number of nitrogens with zero attached hydrogens (tertiary/aromatic N) is 1. The van der Waals surface area contributed by atoms with Crippen molar-refractivity contribution < 1.29 is 17.6 Å². The van der Waals surface area contributed by atoms with Crippen LogP contribution in [0.5, 0.6) is 0 Å². The summed E-state index contributed by atoms with van der Waals surface area (Å²) in [4.78, 5) is 29.3. The first-order chi connectivity index (χ1) is 11.3. The summed E-state index contributed by atoms with van der Waals surface area (Å²) >= 11 is 0. The highest BCUT2D eigenvalue weighted by molar-refractivity contribution is 7.91. The third-order valence-electron chi connectivity index (χ3n) is 4.47. The van der Waals surface area contributed by atoms with Gasteiger partial charge in [0.2, 0.25) is 5.43 Å². The molecule has 2 heterocycles. The number of hydrogen-bond acceptors (Lipinski definition) is 4. The number of aromatic amines is 1. The fourth-order valence-corrected chi connectivity index (χ4v) is 4.44. The molecule has 6 nitrogen and oxygen atoms in total. The zero-order valence-electron chi connectivity index (χ0n) is 13.1. The number of H-pyrrole nitrogens is 1. The van der Waals surface area contributed by atoms with Crippen molar-refractivity contribution in [3.8, 4) is 0 Å². The lowest BCUT2D eigenvalue weighted by atomic mass is 10.1. The van der Waals surface area contributed by atoms with Crippen molar-refractivity contribution in [1.29, 1.82) is 0 Å². The highest BCUT2D eigenvalue weighted by atomic mass is 32.2. The summed E-state index contributed by atoms with van der Waals surface area (Å²) in [5, 5.41) is 0.112. The molecular weight excluding hydrogens is 335 g/mol. The Morgan fingerprint density at radius 3 is 2.62 bits per heavy atom. The van der Waals surface area contributed by atoms with Crippen molar-refractivity contribution in [3.05, 3.63) is 46.0 Å². The Kier molecular flexibility index (Phi) is 4.16. The van der Waals surface area contributed by atoms with E-state index in [0.29, 0.717) is 18.4 Å². The van der Waals surface area contributed by atoms with Crippen molar-refractivity contribution in [2.75, 3.05) is 18.6 Å². The fraction of sp³-hybridized carbons (Fsp3) is 0.375. The molecule has 128 valence electrons. The van der Waals surface area contributed by atoms with Crippen molar-refractivity contribution in [2.24, 2.45) is 0 Å². The Labute approximate surface area is 138 Å². The van der Waals surface area contributed by atoms with Gasteiger partial charge in [-0.3, -0.25) is 9.59 Å². The molecule has 1 amide bonds. The van der Waals surface area contributed by atoms with Crippen LogP contribution in [-0.2, 0) is 9.84 Å². The Morgan fingerprint density at radius 2 is 1.96 bits per heavy atom. The number of rotatable bonds is 2. The summed E-state index contributed by atoms with van der Waals surface area (Å²) in [5.41, 5.74) is -0.170. The molecule has 0 unspecified atom stereocenters. The lowest BCUT2D eigenvalue weighted by Crippen LogP contribution is -2.43. The summed E-state index contributed by atoms with van der Waals surface area (Å²) in [6.45, 7) is 0. The molecule has 1 aromatic carbocycles. The average molecular weight is 352 g/mol. The molecule has 1 N–H and O–H groups in total. The van der Waals surface area contributed by atoms with E-state index in [1.807, 2.05) is 0 Å². The molecule has 0 radical (unpaired) electrons. The van der Waals surface area contributed by atoms with Gasteiger partial charge in [0.05, 0.1) is 11.5 Å².